The molecule has 0 aliphatic carbocycles. The van der Waals surface area contributed by atoms with Crippen LogP contribution in [0.5, 0.6) is 11.5 Å². The maximum Gasteiger partial charge on any atom is 0.238 e. The Balaban J connectivity index is 1.51. The number of nitrogens with zero attached hydrogens (tertiary/aromatic N) is 1. The van der Waals surface area contributed by atoms with Gasteiger partial charge < -0.3 is 15.4 Å². The zero-order chi connectivity index (χ0) is 22.2. The molecule has 2 amide bonds. The maximum absolute atomic E-state index is 12.4. The lowest BCUT2D eigenvalue weighted by Crippen LogP contribution is -2.36. The second-order valence-electron chi connectivity index (χ2n) is 7.48. The summed E-state index contributed by atoms with van der Waals surface area (Å²) in [6.45, 7) is 4.10. The van der Waals surface area contributed by atoms with Crippen molar-refractivity contribution in [3.8, 4) is 11.5 Å². The highest BCUT2D eigenvalue weighted by Gasteiger charge is 2.13. The van der Waals surface area contributed by atoms with E-state index < -0.39 is 0 Å². The number of anilines is 2. The van der Waals surface area contributed by atoms with Crippen LogP contribution in [0.15, 0.2) is 72.8 Å². The van der Waals surface area contributed by atoms with Crippen LogP contribution in [0.3, 0.4) is 0 Å². The number of likely N-dealkylation sites (N-methyl/N-ethyl adjacent to an activating group) is 1. The number of aryl methyl sites for hydroxylation is 2. The molecule has 0 aliphatic rings. The van der Waals surface area contributed by atoms with E-state index in [4.69, 9.17) is 4.74 Å². The molecule has 0 aliphatic heterocycles. The van der Waals surface area contributed by atoms with Crippen LogP contribution in [-0.2, 0) is 9.59 Å². The molecule has 3 aromatic rings. The van der Waals surface area contributed by atoms with Crippen molar-refractivity contribution in [2.45, 2.75) is 13.8 Å². The van der Waals surface area contributed by atoms with Crippen LogP contribution in [0.1, 0.15) is 11.1 Å². The third kappa shape index (κ3) is 6.69. The molecule has 6 heteroatoms. The maximum atomic E-state index is 12.4. The molecular weight excluding hydrogens is 390 g/mol. The van der Waals surface area contributed by atoms with Crippen molar-refractivity contribution in [2.24, 2.45) is 0 Å². The Labute approximate surface area is 182 Å². The van der Waals surface area contributed by atoms with Gasteiger partial charge in [-0.1, -0.05) is 42.5 Å². The first-order chi connectivity index (χ1) is 14.9. The molecule has 0 aromatic heterocycles. The topological polar surface area (TPSA) is 70.7 Å². The molecule has 0 spiro atoms. The van der Waals surface area contributed by atoms with Gasteiger partial charge in [-0.25, -0.2) is 0 Å². The average Bonchev–Trinajstić information content (AvgIpc) is 2.71. The van der Waals surface area contributed by atoms with E-state index in [1.54, 1.807) is 24.1 Å². The Hall–Kier alpha value is -3.64. The number of carbonyl (C=O) groups is 2. The van der Waals surface area contributed by atoms with Crippen LogP contribution in [0.2, 0.25) is 0 Å². The van der Waals surface area contributed by atoms with Crippen molar-refractivity contribution in [1.82, 2.24) is 4.90 Å². The lowest BCUT2D eigenvalue weighted by atomic mass is 10.1. The molecule has 31 heavy (non-hydrogen) atoms. The van der Waals surface area contributed by atoms with E-state index in [1.165, 1.54) is 0 Å². The van der Waals surface area contributed by atoms with Crippen LogP contribution in [0.25, 0.3) is 0 Å². The molecule has 3 rings (SSSR count). The SMILES string of the molecule is Cc1cccc(C)c1NC(=O)CN(C)CC(=O)Nc1cccc(Oc2ccccc2)c1. The van der Waals surface area contributed by atoms with Crippen molar-refractivity contribution in [1.29, 1.82) is 0 Å². The number of nitrogens with one attached hydrogen (secondary N) is 2. The standard InChI is InChI=1S/C25H27N3O3/c1-18-9-7-10-19(2)25(18)27-24(30)17-28(3)16-23(29)26-20-11-8-14-22(15-20)31-21-12-5-4-6-13-21/h4-15H,16-17H2,1-3H3,(H,26,29)(H,27,30). The van der Waals surface area contributed by atoms with Crippen LogP contribution in [0, 0.1) is 13.8 Å². The summed E-state index contributed by atoms with van der Waals surface area (Å²) in [6.07, 6.45) is 0. The summed E-state index contributed by atoms with van der Waals surface area (Å²) < 4.78 is 5.80. The number of carbonyl (C=O) groups excluding carboxylic acids is 2. The first-order valence-corrected chi connectivity index (χ1v) is 10.1. The predicted octanol–water partition coefficient (Wildman–Crippen LogP) is 4.60. The van der Waals surface area contributed by atoms with Gasteiger partial charge in [0.25, 0.3) is 0 Å². The Kier molecular flexibility index (Phi) is 7.40. The molecule has 0 bridgehead atoms. The molecule has 0 radical (unpaired) electrons. The first-order valence-electron chi connectivity index (χ1n) is 10.1. The lowest BCUT2D eigenvalue weighted by molar-refractivity contribution is -0.119. The fourth-order valence-electron chi connectivity index (χ4n) is 3.20. The van der Waals surface area contributed by atoms with Crippen molar-refractivity contribution in [3.05, 3.63) is 83.9 Å². The van der Waals surface area contributed by atoms with Gasteiger partial charge in [-0.2, -0.15) is 0 Å². The van der Waals surface area contributed by atoms with E-state index in [-0.39, 0.29) is 24.9 Å². The van der Waals surface area contributed by atoms with E-state index >= 15 is 0 Å². The van der Waals surface area contributed by atoms with E-state index in [1.807, 2.05) is 74.5 Å². The highest BCUT2D eigenvalue weighted by Crippen LogP contribution is 2.24. The van der Waals surface area contributed by atoms with Gasteiger partial charge in [-0.15, -0.1) is 0 Å². The number of rotatable bonds is 8. The minimum atomic E-state index is -0.209. The Bertz CT molecular complexity index is 1030. The number of hydrogen-bond acceptors (Lipinski definition) is 4. The molecular formula is C25H27N3O3. The molecule has 160 valence electrons. The molecule has 0 saturated carbocycles. The highest BCUT2D eigenvalue weighted by molar-refractivity contribution is 5.95. The normalized spacial score (nSPS) is 10.6. The Morgan fingerprint density at radius 1 is 0.774 bits per heavy atom. The van der Waals surface area contributed by atoms with E-state index in [0.717, 1.165) is 22.6 Å². The number of para-hydroxylation sites is 2. The number of benzene rings is 3. The Morgan fingerprint density at radius 2 is 1.35 bits per heavy atom. The zero-order valence-corrected chi connectivity index (χ0v) is 18.0. The van der Waals surface area contributed by atoms with E-state index in [9.17, 15) is 9.59 Å². The molecule has 0 saturated heterocycles. The van der Waals surface area contributed by atoms with Crippen LogP contribution < -0.4 is 15.4 Å². The number of hydrogen-bond donors (Lipinski definition) is 2. The van der Waals surface area contributed by atoms with Gasteiger partial charge in [-0.05, 0) is 56.3 Å². The van der Waals surface area contributed by atoms with Crippen molar-refractivity contribution < 1.29 is 14.3 Å². The van der Waals surface area contributed by atoms with Gasteiger partial charge in [0.2, 0.25) is 11.8 Å². The van der Waals surface area contributed by atoms with Crippen LogP contribution >= 0.6 is 0 Å². The quantitative estimate of drug-likeness (QED) is 0.562. The molecule has 0 fully saturated rings. The third-order valence-corrected chi connectivity index (χ3v) is 4.67. The molecule has 0 heterocycles. The number of amides is 2. The number of ether oxygens (including phenoxy) is 1. The predicted molar refractivity (Wildman–Crippen MR) is 124 cm³/mol. The summed E-state index contributed by atoms with van der Waals surface area (Å²) in [5.74, 6) is 0.983. The van der Waals surface area contributed by atoms with Gasteiger partial charge in [0.05, 0.1) is 13.1 Å². The second-order valence-corrected chi connectivity index (χ2v) is 7.48. The minimum Gasteiger partial charge on any atom is -0.457 e. The van der Waals surface area contributed by atoms with E-state index in [0.29, 0.717) is 11.4 Å². The smallest absolute Gasteiger partial charge is 0.238 e. The fourth-order valence-corrected chi connectivity index (χ4v) is 3.20. The summed E-state index contributed by atoms with van der Waals surface area (Å²) in [7, 11) is 1.73. The summed E-state index contributed by atoms with van der Waals surface area (Å²) in [4.78, 5) is 26.5. The van der Waals surface area contributed by atoms with Crippen molar-refractivity contribution in [3.63, 3.8) is 0 Å². The molecule has 2 N–H and O–H groups in total. The monoisotopic (exact) mass is 417 g/mol. The van der Waals surface area contributed by atoms with Gasteiger partial charge in [0, 0.05) is 17.4 Å². The third-order valence-electron chi connectivity index (χ3n) is 4.67. The molecule has 0 atom stereocenters. The summed E-state index contributed by atoms with van der Waals surface area (Å²) in [5, 5.41) is 5.78. The molecule has 0 unspecified atom stereocenters. The fraction of sp³-hybridized carbons (Fsp3) is 0.200. The van der Waals surface area contributed by atoms with Crippen LogP contribution in [0.4, 0.5) is 11.4 Å². The van der Waals surface area contributed by atoms with Gasteiger partial charge in [-0.3, -0.25) is 14.5 Å². The van der Waals surface area contributed by atoms with Crippen LogP contribution in [-0.4, -0.2) is 36.9 Å². The largest absolute Gasteiger partial charge is 0.457 e. The zero-order valence-electron chi connectivity index (χ0n) is 18.0. The average molecular weight is 418 g/mol. The van der Waals surface area contributed by atoms with Crippen molar-refractivity contribution in [2.75, 3.05) is 30.8 Å². The first kappa shape index (κ1) is 22.1. The highest BCUT2D eigenvalue weighted by atomic mass is 16.5. The second kappa shape index (κ2) is 10.4. The molecule has 3 aromatic carbocycles. The van der Waals surface area contributed by atoms with Gasteiger partial charge in [0.15, 0.2) is 0 Å². The summed E-state index contributed by atoms with van der Waals surface area (Å²) in [6, 6.07) is 22.5. The van der Waals surface area contributed by atoms with Crippen molar-refractivity contribution >= 4 is 23.2 Å². The van der Waals surface area contributed by atoms with Gasteiger partial charge >= 0.3 is 0 Å². The summed E-state index contributed by atoms with van der Waals surface area (Å²) >= 11 is 0. The minimum absolute atomic E-state index is 0.0872. The van der Waals surface area contributed by atoms with Gasteiger partial charge in [0.1, 0.15) is 11.5 Å². The lowest BCUT2D eigenvalue weighted by Gasteiger charge is -2.17. The van der Waals surface area contributed by atoms with E-state index in [2.05, 4.69) is 10.6 Å². The molecule has 6 nitrogen and oxygen atoms in total. The summed E-state index contributed by atoms with van der Waals surface area (Å²) in [5.41, 5.74) is 3.46. The Morgan fingerprint density at radius 3 is 2.03 bits per heavy atom.